The zero-order valence-electron chi connectivity index (χ0n) is 19.0. The number of likely N-dealkylation sites (tertiary alicyclic amines) is 1. The first-order valence-corrected chi connectivity index (χ1v) is 11.8. The number of ether oxygens (including phenoxy) is 1. The summed E-state index contributed by atoms with van der Waals surface area (Å²) in [5.74, 6) is 0.423. The number of phenols is 1. The third-order valence-electron chi connectivity index (χ3n) is 7.41. The van der Waals surface area contributed by atoms with Crippen LogP contribution in [0.4, 0.5) is 15.0 Å². The van der Waals surface area contributed by atoms with Gasteiger partial charge in [0.15, 0.2) is 0 Å². The predicted octanol–water partition coefficient (Wildman–Crippen LogP) is 3.73. The summed E-state index contributed by atoms with van der Waals surface area (Å²) in [7, 11) is 0. The first-order chi connectivity index (χ1) is 16.0. The van der Waals surface area contributed by atoms with Crippen LogP contribution in [0.2, 0.25) is 0 Å². The van der Waals surface area contributed by atoms with Gasteiger partial charge < -0.3 is 19.6 Å². The maximum atomic E-state index is 14.0. The van der Waals surface area contributed by atoms with Crippen molar-refractivity contribution in [2.24, 2.45) is 5.41 Å². The fourth-order valence-corrected chi connectivity index (χ4v) is 5.77. The minimum atomic E-state index is -0.413. The number of rotatable bonds is 4. The van der Waals surface area contributed by atoms with Crippen LogP contribution in [-0.4, -0.2) is 77.9 Å². The summed E-state index contributed by atoms with van der Waals surface area (Å²) in [6.07, 6.45) is 4.50. The van der Waals surface area contributed by atoms with Gasteiger partial charge in [-0.05, 0) is 38.3 Å². The molecule has 1 aromatic carbocycles. The van der Waals surface area contributed by atoms with Crippen LogP contribution in [0.25, 0.3) is 11.1 Å². The van der Waals surface area contributed by atoms with Crippen molar-refractivity contribution in [3.63, 3.8) is 0 Å². The number of anilines is 1. The standard InChI is InChI=1S/C25H31FN4O3/c1-2-33-24(32)30-16-25(17-30)8-7-19(14-25)28-9-11-29(12-10-28)23-21(13-18(26)15-27-23)20-5-3-4-6-22(20)31/h3-6,13,15,19,31H,2,7-12,14,16-17H2,1H3/t19-/m1/s1. The van der Waals surface area contributed by atoms with Crippen molar-refractivity contribution in [3.05, 3.63) is 42.3 Å². The lowest BCUT2D eigenvalue weighted by Gasteiger charge is -2.48. The zero-order valence-corrected chi connectivity index (χ0v) is 19.0. The highest BCUT2D eigenvalue weighted by Gasteiger charge is 2.51. The third kappa shape index (κ3) is 4.24. The average Bonchev–Trinajstić information content (AvgIpc) is 3.25. The zero-order chi connectivity index (χ0) is 23.0. The monoisotopic (exact) mass is 454 g/mol. The minimum Gasteiger partial charge on any atom is -0.507 e. The van der Waals surface area contributed by atoms with Gasteiger partial charge in [0, 0.05) is 61.9 Å². The molecule has 2 aromatic rings. The minimum absolute atomic E-state index is 0.124. The second-order valence-corrected chi connectivity index (χ2v) is 9.52. The van der Waals surface area contributed by atoms with E-state index in [9.17, 15) is 14.3 Å². The lowest BCUT2D eigenvalue weighted by atomic mass is 9.78. The lowest BCUT2D eigenvalue weighted by Crippen LogP contribution is -2.58. The van der Waals surface area contributed by atoms with Crippen LogP contribution in [0, 0.1) is 11.2 Å². The van der Waals surface area contributed by atoms with Gasteiger partial charge in [-0.15, -0.1) is 0 Å². The van der Waals surface area contributed by atoms with Crippen molar-refractivity contribution >= 4 is 11.9 Å². The quantitative estimate of drug-likeness (QED) is 0.759. The Labute approximate surface area is 193 Å². The molecule has 1 atom stereocenters. The van der Waals surface area contributed by atoms with Crippen LogP contribution in [0.3, 0.4) is 0 Å². The predicted molar refractivity (Wildman–Crippen MR) is 124 cm³/mol. The Kier molecular flexibility index (Phi) is 5.86. The molecule has 1 N–H and O–H groups in total. The number of amides is 1. The van der Waals surface area contributed by atoms with E-state index >= 15 is 0 Å². The highest BCUT2D eigenvalue weighted by molar-refractivity contribution is 5.80. The van der Waals surface area contributed by atoms with Gasteiger partial charge in [0.05, 0.1) is 12.8 Å². The summed E-state index contributed by atoms with van der Waals surface area (Å²) < 4.78 is 19.2. The van der Waals surface area contributed by atoms with Crippen molar-refractivity contribution in [1.82, 2.24) is 14.8 Å². The van der Waals surface area contributed by atoms with Gasteiger partial charge in [-0.25, -0.2) is 14.2 Å². The topological polar surface area (TPSA) is 69.1 Å². The van der Waals surface area contributed by atoms with Crippen LogP contribution < -0.4 is 4.90 Å². The molecule has 5 rings (SSSR count). The number of nitrogens with zero attached hydrogens (tertiary/aromatic N) is 4. The molecule has 3 aliphatic rings. The Morgan fingerprint density at radius 1 is 1.21 bits per heavy atom. The second kappa shape index (κ2) is 8.82. The molecule has 2 aliphatic heterocycles. The summed E-state index contributed by atoms with van der Waals surface area (Å²) in [6, 6.07) is 8.99. The molecule has 3 fully saturated rings. The van der Waals surface area contributed by atoms with Gasteiger partial charge in [-0.2, -0.15) is 0 Å². The summed E-state index contributed by atoms with van der Waals surface area (Å²) in [6.45, 7) is 7.32. The van der Waals surface area contributed by atoms with Crippen molar-refractivity contribution in [2.45, 2.75) is 32.2 Å². The summed E-state index contributed by atoms with van der Waals surface area (Å²) >= 11 is 0. The molecule has 1 spiro atoms. The number of phenolic OH excluding ortho intramolecular Hbond substituents is 1. The van der Waals surface area contributed by atoms with E-state index in [1.807, 2.05) is 17.9 Å². The highest BCUT2D eigenvalue weighted by Crippen LogP contribution is 2.47. The normalized spacial score (nSPS) is 22.4. The van der Waals surface area contributed by atoms with E-state index < -0.39 is 5.82 Å². The van der Waals surface area contributed by atoms with E-state index in [-0.39, 0.29) is 17.3 Å². The maximum Gasteiger partial charge on any atom is 0.409 e. The number of benzene rings is 1. The number of piperazine rings is 1. The molecule has 176 valence electrons. The summed E-state index contributed by atoms with van der Waals surface area (Å²) in [4.78, 5) is 22.9. The Bertz CT molecular complexity index is 1020. The molecule has 3 heterocycles. The number of para-hydroxylation sites is 1. The van der Waals surface area contributed by atoms with E-state index in [1.54, 1.807) is 18.2 Å². The van der Waals surface area contributed by atoms with Gasteiger partial charge in [-0.3, -0.25) is 4.90 Å². The number of hydrogen-bond donors (Lipinski definition) is 1. The Balaban J connectivity index is 1.22. The summed E-state index contributed by atoms with van der Waals surface area (Å²) in [5, 5.41) is 10.3. The van der Waals surface area contributed by atoms with E-state index in [1.165, 1.54) is 12.3 Å². The smallest absolute Gasteiger partial charge is 0.409 e. The number of pyridine rings is 1. The van der Waals surface area contributed by atoms with Gasteiger partial charge in [0.2, 0.25) is 0 Å². The van der Waals surface area contributed by atoms with Gasteiger partial charge in [0.1, 0.15) is 17.4 Å². The lowest BCUT2D eigenvalue weighted by molar-refractivity contribution is -0.00294. The van der Waals surface area contributed by atoms with Crippen LogP contribution >= 0.6 is 0 Å². The molecule has 1 amide bonds. The number of carbonyl (C=O) groups is 1. The fourth-order valence-electron chi connectivity index (χ4n) is 5.77. The molecule has 1 saturated carbocycles. The number of carbonyl (C=O) groups excluding carboxylic acids is 1. The Morgan fingerprint density at radius 2 is 1.97 bits per heavy atom. The average molecular weight is 455 g/mol. The van der Waals surface area contributed by atoms with Crippen LogP contribution in [0.15, 0.2) is 36.5 Å². The first-order valence-electron chi connectivity index (χ1n) is 11.8. The van der Waals surface area contributed by atoms with Gasteiger partial charge in [-0.1, -0.05) is 18.2 Å². The first kappa shape index (κ1) is 21.9. The van der Waals surface area contributed by atoms with E-state index in [4.69, 9.17) is 4.74 Å². The largest absolute Gasteiger partial charge is 0.507 e. The van der Waals surface area contributed by atoms with E-state index in [2.05, 4.69) is 14.8 Å². The van der Waals surface area contributed by atoms with E-state index in [0.717, 1.165) is 58.5 Å². The molecule has 1 aromatic heterocycles. The molecule has 33 heavy (non-hydrogen) atoms. The number of aromatic nitrogens is 1. The van der Waals surface area contributed by atoms with Gasteiger partial charge >= 0.3 is 6.09 Å². The molecular weight excluding hydrogens is 423 g/mol. The number of aromatic hydroxyl groups is 1. The van der Waals surface area contributed by atoms with Crippen LogP contribution in [-0.2, 0) is 4.74 Å². The summed E-state index contributed by atoms with van der Waals surface area (Å²) in [5.41, 5.74) is 1.47. The van der Waals surface area contributed by atoms with Crippen LogP contribution in [0.1, 0.15) is 26.2 Å². The molecule has 2 saturated heterocycles. The number of halogens is 1. The SMILES string of the molecule is CCOC(=O)N1CC2(CC[C@@H](N3CCN(c4ncc(F)cc4-c4ccccc4O)CC3)C2)C1. The fraction of sp³-hybridized carbons (Fsp3) is 0.520. The molecule has 8 heteroatoms. The maximum absolute atomic E-state index is 14.0. The van der Waals surface area contributed by atoms with E-state index in [0.29, 0.717) is 29.6 Å². The van der Waals surface area contributed by atoms with Crippen molar-refractivity contribution in [2.75, 3.05) is 50.8 Å². The second-order valence-electron chi connectivity index (χ2n) is 9.52. The number of hydrogen-bond acceptors (Lipinski definition) is 6. The molecule has 0 bridgehead atoms. The highest BCUT2D eigenvalue weighted by atomic mass is 19.1. The van der Waals surface area contributed by atoms with Crippen molar-refractivity contribution < 1.29 is 19.0 Å². The molecule has 0 unspecified atom stereocenters. The van der Waals surface area contributed by atoms with Gasteiger partial charge in [0.25, 0.3) is 0 Å². The molecule has 1 aliphatic carbocycles. The molecule has 0 radical (unpaired) electrons. The molecular formula is C25H31FN4O3. The van der Waals surface area contributed by atoms with Crippen molar-refractivity contribution in [1.29, 1.82) is 0 Å². The van der Waals surface area contributed by atoms with Crippen LogP contribution in [0.5, 0.6) is 5.75 Å². The Hall–Kier alpha value is -2.87. The van der Waals surface area contributed by atoms with Crippen molar-refractivity contribution in [3.8, 4) is 16.9 Å². The Morgan fingerprint density at radius 3 is 2.70 bits per heavy atom. The third-order valence-corrected chi connectivity index (χ3v) is 7.41. The molecule has 7 nitrogen and oxygen atoms in total.